The third-order valence-electron chi connectivity index (χ3n) is 7.07. The molecule has 2 heterocycles. The second kappa shape index (κ2) is 7.12. The van der Waals surface area contributed by atoms with E-state index in [2.05, 4.69) is 58.9 Å². The Bertz CT molecular complexity index is 1510. The largest absolute Gasteiger partial charge is 0.494 e. The highest BCUT2D eigenvalue weighted by Gasteiger charge is 2.29. The summed E-state index contributed by atoms with van der Waals surface area (Å²) in [6, 6.07) is 15.0. The van der Waals surface area contributed by atoms with E-state index in [4.69, 9.17) is 4.74 Å². The third-order valence-corrected chi connectivity index (χ3v) is 7.07. The van der Waals surface area contributed by atoms with E-state index in [0.717, 1.165) is 51.2 Å². The van der Waals surface area contributed by atoms with Gasteiger partial charge in [-0.3, -0.25) is 0 Å². The molecule has 5 heteroatoms. The number of nitrogens with zero attached hydrogens (tertiary/aromatic N) is 1. The highest BCUT2D eigenvalue weighted by Crippen LogP contribution is 2.50. The van der Waals surface area contributed by atoms with Crippen LogP contribution >= 0.6 is 0 Å². The molecule has 0 saturated heterocycles. The number of benzene rings is 3. The number of ether oxygens (including phenoxy) is 1. The summed E-state index contributed by atoms with van der Waals surface area (Å²) in [6.45, 7) is 2.94. The van der Waals surface area contributed by atoms with Gasteiger partial charge in [0.05, 0.1) is 17.0 Å². The lowest BCUT2D eigenvalue weighted by Gasteiger charge is -2.12. The standard InChI is InChI=1S/C27H26N2O3/c1-15(32-2)16-8-9-22-19(12-16)24-21-14-28-27(31)25(21)23-18-7-4-3-6-17(18)13-20(23)26(24)29(22)10-5-11-30/h3-4,6-9,12,14-15,28,30-31H,5,10-11,13H2,1-2H3. The average molecular weight is 427 g/mol. The van der Waals surface area contributed by atoms with E-state index < -0.39 is 0 Å². The number of aliphatic hydroxyl groups is 1. The molecule has 2 aromatic heterocycles. The molecule has 5 nitrogen and oxygen atoms in total. The molecule has 1 unspecified atom stereocenters. The van der Waals surface area contributed by atoms with Gasteiger partial charge in [-0.15, -0.1) is 0 Å². The van der Waals surface area contributed by atoms with E-state index >= 15 is 0 Å². The predicted molar refractivity (Wildman–Crippen MR) is 128 cm³/mol. The molecular formula is C27H26N2O3. The first-order valence-electron chi connectivity index (χ1n) is 11.2. The van der Waals surface area contributed by atoms with Gasteiger partial charge >= 0.3 is 0 Å². The van der Waals surface area contributed by atoms with Crippen molar-refractivity contribution in [1.29, 1.82) is 0 Å². The minimum atomic E-state index is -0.0101. The SMILES string of the molecule is COC(C)c1ccc2c(c1)c1c3c[nH]c(O)c3c3c(c1n2CCCO)Cc1ccccc1-3. The van der Waals surface area contributed by atoms with Gasteiger partial charge in [-0.05, 0) is 47.7 Å². The normalized spacial score (nSPS) is 13.8. The number of aliphatic hydroxyl groups excluding tert-OH is 1. The molecule has 0 amide bonds. The summed E-state index contributed by atoms with van der Waals surface area (Å²) in [5.74, 6) is 0.215. The van der Waals surface area contributed by atoms with E-state index in [9.17, 15) is 10.2 Å². The number of aryl methyl sites for hydroxylation is 1. The number of H-pyrrole nitrogens is 1. The summed E-state index contributed by atoms with van der Waals surface area (Å²) in [6.07, 6.45) is 3.44. The Balaban J connectivity index is 1.81. The Kier molecular flexibility index (Phi) is 4.32. The number of hydrogen-bond donors (Lipinski definition) is 3. The van der Waals surface area contributed by atoms with Crippen LogP contribution in [0.25, 0.3) is 43.7 Å². The Labute approximate surface area is 185 Å². The maximum atomic E-state index is 10.8. The highest BCUT2D eigenvalue weighted by molar-refractivity contribution is 6.27. The van der Waals surface area contributed by atoms with Crippen molar-refractivity contribution < 1.29 is 14.9 Å². The lowest BCUT2D eigenvalue weighted by atomic mass is 9.95. The van der Waals surface area contributed by atoms with Crippen molar-refractivity contribution >= 4 is 32.6 Å². The second-order valence-electron chi connectivity index (χ2n) is 8.72. The van der Waals surface area contributed by atoms with Crippen LogP contribution in [0.5, 0.6) is 5.88 Å². The van der Waals surface area contributed by atoms with Gasteiger partial charge in [0.1, 0.15) is 0 Å². The van der Waals surface area contributed by atoms with E-state index in [1.54, 1.807) is 7.11 Å². The van der Waals surface area contributed by atoms with E-state index in [-0.39, 0.29) is 18.6 Å². The van der Waals surface area contributed by atoms with E-state index in [0.29, 0.717) is 6.42 Å². The number of aromatic nitrogens is 2. The van der Waals surface area contributed by atoms with Gasteiger partial charge in [0.25, 0.3) is 0 Å². The zero-order chi connectivity index (χ0) is 22.0. The molecule has 0 aliphatic heterocycles. The van der Waals surface area contributed by atoms with E-state index in [1.165, 1.54) is 22.2 Å². The fraction of sp³-hybridized carbons (Fsp3) is 0.259. The molecule has 162 valence electrons. The molecule has 5 aromatic rings. The maximum Gasteiger partial charge on any atom is 0.197 e. The van der Waals surface area contributed by atoms with Gasteiger partial charge in [0.15, 0.2) is 5.88 Å². The van der Waals surface area contributed by atoms with Crippen molar-refractivity contribution in [1.82, 2.24) is 9.55 Å². The molecule has 3 N–H and O–H groups in total. The van der Waals surface area contributed by atoms with Crippen LogP contribution in [0.1, 0.15) is 36.1 Å². The number of rotatable bonds is 5. The van der Waals surface area contributed by atoms with Crippen LogP contribution in [0.15, 0.2) is 48.7 Å². The molecule has 0 bridgehead atoms. The van der Waals surface area contributed by atoms with Crippen LogP contribution in [-0.2, 0) is 17.7 Å². The zero-order valence-corrected chi connectivity index (χ0v) is 18.3. The van der Waals surface area contributed by atoms with E-state index in [1.807, 2.05) is 6.20 Å². The monoisotopic (exact) mass is 426 g/mol. The minimum Gasteiger partial charge on any atom is -0.494 e. The fourth-order valence-electron chi connectivity index (χ4n) is 5.52. The molecule has 0 radical (unpaired) electrons. The van der Waals surface area contributed by atoms with Gasteiger partial charge < -0.3 is 24.5 Å². The van der Waals surface area contributed by atoms with Crippen molar-refractivity contribution in [2.24, 2.45) is 0 Å². The van der Waals surface area contributed by atoms with Crippen molar-refractivity contribution in [3.8, 4) is 17.0 Å². The second-order valence-corrected chi connectivity index (χ2v) is 8.72. The molecule has 0 fully saturated rings. The number of nitrogens with one attached hydrogen (secondary N) is 1. The van der Waals surface area contributed by atoms with Gasteiger partial charge in [0.2, 0.25) is 0 Å². The minimum absolute atomic E-state index is 0.0101. The van der Waals surface area contributed by atoms with Crippen LogP contribution < -0.4 is 0 Å². The average Bonchev–Trinajstić information content (AvgIpc) is 3.48. The summed E-state index contributed by atoms with van der Waals surface area (Å²) >= 11 is 0. The van der Waals surface area contributed by atoms with Gasteiger partial charge in [-0.1, -0.05) is 30.3 Å². The van der Waals surface area contributed by atoms with Gasteiger partial charge in [-0.2, -0.15) is 0 Å². The van der Waals surface area contributed by atoms with Crippen LogP contribution in [0.3, 0.4) is 0 Å². The number of hydrogen-bond acceptors (Lipinski definition) is 3. The first-order valence-corrected chi connectivity index (χ1v) is 11.2. The Hall–Kier alpha value is -3.28. The van der Waals surface area contributed by atoms with Gasteiger partial charge in [-0.25, -0.2) is 0 Å². The fourth-order valence-corrected chi connectivity index (χ4v) is 5.52. The van der Waals surface area contributed by atoms with Crippen LogP contribution in [-0.4, -0.2) is 33.5 Å². The molecule has 1 aliphatic carbocycles. The number of methoxy groups -OCH3 is 1. The summed E-state index contributed by atoms with van der Waals surface area (Å²) in [4.78, 5) is 3.08. The Morgan fingerprint density at radius 2 is 1.97 bits per heavy atom. The number of fused-ring (bicyclic) bond motifs is 10. The smallest absolute Gasteiger partial charge is 0.197 e. The molecular weight excluding hydrogens is 400 g/mol. The summed E-state index contributed by atoms with van der Waals surface area (Å²) in [5, 5.41) is 24.7. The van der Waals surface area contributed by atoms with Crippen LogP contribution in [0, 0.1) is 0 Å². The van der Waals surface area contributed by atoms with Crippen molar-refractivity contribution in [3.63, 3.8) is 0 Å². The first kappa shape index (κ1) is 19.4. The molecule has 1 aliphatic rings. The molecule has 0 saturated carbocycles. The summed E-state index contributed by atoms with van der Waals surface area (Å²) in [7, 11) is 1.73. The topological polar surface area (TPSA) is 70.4 Å². The predicted octanol–water partition coefficient (Wildman–Crippen LogP) is 5.64. The molecule has 3 aromatic carbocycles. The summed E-state index contributed by atoms with van der Waals surface area (Å²) in [5.41, 5.74) is 8.32. The Morgan fingerprint density at radius 3 is 2.78 bits per heavy atom. The highest BCUT2D eigenvalue weighted by atomic mass is 16.5. The molecule has 0 spiro atoms. The number of aromatic hydroxyl groups is 1. The molecule has 6 rings (SSSR count). The lowest BCUT2D eigenvalue weighted by Crippen LogP contribution is -2.02. The quantitative estimate of drug-likeness (QED) is 0.334. The van der Waals surface area contributed by atoms with Crippen molar-refractivity contribution in [2.45, 2.75) is 32.4 Å². The van der Waals surface area contributed by atoms with Crippen LogP contribution in [0.2, 0.25) is 0 Å². The Morgan fingerprint density at radius 1 is 1.12 bits per heavy atom. The van der Waals surface area contributed by atoms with Crippen molar-refractivity contribution in [3.05, 3.63) is 65.4 Å². The third kappa shape index (κ3) is 2.52. The molecule has 1 atom stereocenters. The zero-order valence-electron chi connectivity index (χ0n) is 18.3. The van der Waals surface area contributed by atoms with Crippen molar-refractivity contribution in [2.75, 3.05) is 13.7 Å². The summed E-state index contributed by atoms with van der Waals surface area (Å²) < 4.78 is 7.95. The molecule has 32 heavy (non-hydrogen) atoms. The number of aromatic amines is 1. The first-order chi connectivity index (χ1) is 15.6. The lowest BCUT2D eigenvalue weighted by molar-refractivity contribution is 0.119. The van der Waals surface area contributed by atoms with Gasteiger partial charge in [0, 0.05) is 60.1 Å². The van der Waals surface area contributed by atoms with Crippen LogP contribution in [0.4, 0.5) is 0 Å². The maximum absolute atomic E-state index is 10.8.